The third-order valence-corrected chi connectivity index (χ3v) is 2.58. The molecular formula is C13H10N2O2. The summed E-state index contributed by atoms with van der Waals surface area (Å²) in [6, 6.07) is 7.33. The molecule has 0 saturated carbocycles. The molecule has 0 aliphatic carbocycles. The molecular weight excluding hydrogens is 216 g/mol. The Morgan fingerprint density at radius 3 is 2.94 bits per heavy atom. The summed E-state index contributed by atoms with van der Waals surface area (Å²) in [4.78, 5) is 10.6. The van der Waals surface area contributed by atoms with Crippen LogP contribution >= 0.6 is 0 Å². The Hall–Kier alpha value is -2.54. The average molecular weight is 226 g/mol. The van der Waals surface area contributed by atoms with Crippen molar-refractivity contribution >= 4 is 17.2 Å². The molecule has 0 aromatic heterocycles. The number of hydrogen-bond donors (Lipinski definition) is 2. The summed E-state index contributed by atoms with van der Waals surface area (Å²) >= 11 is 0. The molecule has 17 heavy (non-hydrogen) atoms. The largest absolute Gasteiger partial charge is 0.481 e. The Kier molecular flexibility index (Phi) is 2.67. The molecule has 0 radical (unpaired) electrons. The first kappa shape index (κ1) is 11.0. The summed E-state index contributed by atoms with van der Waals surface area (Å²) in [6.07, 6.45) is 1.56. The first-order chi connectivity index (χ1) is 8.11. The normalized spacial score (nSPS) is 13.1. The number of benzene rings is 1. The maximum atomic E-state index is 10.6. The molecule has 2 rings (SSSR count). The van der Waals surface area contributed by atoms with Gasteiger partial charge in [0.15, 0.2) is 0 Å². The van der Waals surface area contributed by atoms with Crippen molar-refractivity contribution in [2.24, 2.45) is 0 Å². The van der Waals surface area contributed by atoms with Crippen molar-refractivity contribution in [2.45, 2.75) is 6.42 Å². The van der Waals surface area contributed by atoms with E-state index in [2.05, 4.69) is 11.9 Å². The maximum absolute atomic E-state index is 10.6. The second-order valence-electron chi connectivity index (χ2n) is 3.74. The molecule has 0 fully saturated rings. The van der Waals surface area contributed by atoms with Crippen LogP contribution in [0.25, 0.3) is 5.57 Å². The van der Waals surface area contributed by atoms with Gasteiger partial charge >= 0.3 is 5.97 Å². The zero-order chi connectivity index (χ0) is 12.4. The van der Waals surface area contributed by atoms with Crippen LogP contribution in [0, 0.1) is 11.3 Å². The third-order valence-electron chi connectivity index (χ3n) is 2.58. The van der Waals surface area contributed by atoms with Gasteiger partial charge in [0.05, 0.1) is 12.0 Å². The van der Waals surface area contributed by atoms with Crippen molar-refractivity contribution in [2.75, 3.05) is 5.32 Å². The summed E-state index contributed by atoms with van der Waals surface area (Å²) < 4.78 is 0. The van der Waals surface area contributed by atoms with E-state index >= 15 is 0 Å². The molecule has 1 aromatic carbocycles. The van der Waals surface area contributed by atoms with Crippen molar-refractivity contribution in [3.05, 3.63) is 47.7 Å². The second kappa shape index (κ2) is 4.14. The number of carbonyl (C=O) groups is 1. The predicted octanol–water partition coefficient (Wildman–Crippen LogP) is 2.16. The van der Waals surface area contributed by atoms with Gasteiger partial charge in [0.1, 0.15) is 6.07 Å². The fraction of sp³-hybridized carbons (Fsp3) is 0.0769. The van der Waals surface area contributed by atoms with Gasteiger partial charge in [-0.1, -0.05) is 12.6 Å². The molecule has 0 spiro atoms. The van der Waals surface area contributed by atoms with Crippen molar-refractivity contribution in [3.8, 4) is 6.07 Å². The molecule has 1 aliphatic rings. The van der Waals surface area contributed by atoms with Gasteiger partial charge in [-0.2, -0.15) is 5.26 Å². The number of carboxylic acids is 1. The fourth-order valence-corrected chi connectivity index (χ4v) is 1.73. The number of rotatable bonds is 2. The number of allylic oxidation sites excluding steroid dienone is 2. The highest BCUT2D eigenvalue weighted by Crippen LogP contribution is 2.32. The van der Waals surface area contributed by atoms with E-state index in [1.54, 1.807) is 24.4 Å². The van der Waals surface area contributed by atoms with Gasteiger partial charge in [-0.25, -0.2) is 0 Å². The molecule has 2 N–H and O–H groups in total. The molecule has 0 unspecified atom stereocenters. The number of anilines is 1. The number of nitrogens with one attached hydrogen (secondary N) is 1. The Bertz CT molecular complexity index is 580. The predicted molar refractivity (Wildman–Crippen MR) is 64.1 cm³/mol. The molecule has 0 saturated heterocycles. The quantitative estimate of drug-likeness (QED) is 0.810. The van der Waals surface area contributed by atoms with Crippen LogP contribution in [0.5, 0.6) is 0 Å². The van der Waals surface area contributed by atoms with Gasteiger partial charge < -0.3 is 10.4 Å². The Morgan fingerprint density at radius 2 is 2.29 bits per heavy atom. The van der Waals surface area contributed by atoms with Crippen molar-refractivity contribution < 1.29 is 9.90 Å². The average Bonchev–Trinajstić information content (AvgIpc) is 2.29. The van der Waals surface area contributed by atoms with Crippen molar-refractivity contribution in [1.29, 1.82) is 5.26 Å². The minimum atomic E-state index is -0.879. The third kappa shape index (κ3) is 2.04. The van der Waals surface area contributed by atoms with Crippen LogP contribution in [-0.4, -0.2) is 11.1 Å². The van der Waals surface area contributed by atoms with Crippen LogP contribution < -0.4 is 5.32 Å². The molecule has 0 atom stereocenters. The molecule has 0 bridgehead atoms. The van der Waals surface area contributed by atoms with Gasteiger partial charge in [0.25, 0.3) is 0 Å². The van der Waals surface area contributed by atoms with Crippen LogP contribution in [0.3, 0.4) is 0 Å². The molecule has 1 aromatic rings. The zero-order valence-electron chi connectivity index (χ0n) is 9.03. The highest BCUT2D eigenvalue weighted by atomic mass is 16.4. The van der Waals surface area contributed by atoms with Crippen molar-refractivity contribution in [3.63, 3.8) is 0 Å². The number of aliphatic carboxylic acids is 1. The highest BCUT2D eigenvalue weighted by Gasteiger charge is 2.15. The van der Waals surface area contributed by atoms with E-state index in [1.165, 1.54) is 0 Å². The van der Waals surface area contributed by atoms with E-state index in [0.29, 0.717) is 16.7 Å². The van der Waals surface area contributed by atoms with E-state index in [4.69, 9.17) is 10.4 Å². The van der Waals surface area contributed by atoms with E-state index in [0.717, 1.165) is 11.3 Å². The Labute approximate surface area is 98.5 Å². The summed E-state index contributed by atoms with van der Waals surface area (Å²) in [6.45, 7) is 3.85. The zero-order valence-corrected chi connectivity index (χ0v) is 9.03. The SMILES string of the molecule is C=C1C(C#N)=CNc2ccc(CC(=O)O)cc21. The van der Waals surface area contributed by atoms with Gasteiger partial charge in [0, 0.05) is 17.5 Å². The van der Waals surface area contributed by atoms with Crippen LogP contribution in [0.15, 0.2) is 36.6 Å². The number of nitrogens with zero attached hydrogens (tertiary/aromatic N) is 1. The van der Waals surface area contributed by atoms with E-state index in [-0.39, 0.29) is 6.42 Å². The van der Waals surface area contributed by atoms with Gasteiger partial charge in [-0.3, -0.25) is 4.79 Å². The van der Waals surface area contributed by atoms with Crippen LogP contribution in [0.2, 0.25) is 0 Å². The number of hydrogen-bond acceptors (Lipinski definition) is 3. The van der Waals surface area contributed by atoms with E-state index in [1.807, 2.05) is 6.07 Å². The standard InChI is InChI=1S/C13H10N2O2/c1-8-10(6-14)7-15-12-3-2-9(4-11(8)12)5-13(16)17/h2-4,7,15H,1,5H2,(H,16,17). The smallest absolute Gasteiger partial charge is 0.307 e. The summed E-state index contributed by atoms with van der Waals surface area (Å²) in [5.74, 6) is -0.879. The maximum Gasteiger partial charge on any atom is 0.307 e. The lowest BCUT2D eigenvalue weighted by Gasteiger charge is -2.17. The number of nitriles is 1. The van der Waals surface area contributed by atoms with Crippen LogP contribution in [-0.2, 0) is 11.2 Å². The molecule has 4 nitrogen and oxygen atoms in total. The van der Waals surface area contributed by atoms with Gasteiger partial charge in [-0.15, -0.1) is 0 Å². The lowest BCUT2D eigenvalue weighted by atomic mass is 9.94. The first-order valence-electron chi connectivity index (χ1n) is 5.03. The lowest BCUT2D eigenvalue weighted by Crippen LogP contribution is -2.06. The highest BCUT2D eigenvalue weighted by molar-refractivity contribution is 5.91. The molecule has 4 heteroatoms. The molecule has 1 heterocycles. The Balaban J connectivity index is 2.41. The number of fused-ring (bicyclic) bond motifs is 1. The second-order valence-corrected chi connectivity index (χ2v) is 3.74. The number of carboxylic acid groups (broad SMARTS) is 1. The summed E-state index contributed by atoms with van der Waals surface area (Å²) in [5, 5.41) is 20.6. The summed E-state index contributed by atoms with van der Waals surface area (Å²) in [5.41, 5.74) is 3.39. The van der Waals surface area contributed by atoms with Gasteiger partial charge in [0.2, 0.25) is 0 Å². The van der Waals surface area contributed by atoms with E-state index in [9.17, 15) is 4.79 Å². The Morgan fingerprint density at radius 1 is 1.53 bits per heavy atom. The van der Waals surface area contributed by atoms with Gasteiger partial charge in [-0.05, 0) is 23.3 Å². The molecule has 0 amide bonds. The fourth-order valence-electron chi connectivity index (χ4n) is 1.73. The van der Waals surface area contributed by atoms with E-state index < -0.39 is 5.97 Å². The van der Waals surface area contributed by atoms with Crippen molar-refractivity contribution in [1.82, 2.24) is 0 Å². The topological polar surface area (TPSA) is 73.1 Å². The first-order valence-corrected chi connectivity index (χ1v) is 5.03. The van der Waals surface area contributed by atoms with Crippen LogP contribution in [0.4, 0.5) is 5.69 Å². The van der Waals surface area contributed by atoms with Crippen LogP contribution in [0.1, 0.15) is 11.1 Å². The summed E-state index contributed by atoms with van der Waals surface area (Å²) in [7, 11) is 0. The lowest BCUT2D eigenvalue weighted by molar-refractivity contribution is -0.136. The minimum absolute atomic E-state index is 0.0356. The molecule has 1 aliphatic heterocycles. The monoisotopic (exact) mass is 226 g/mol. The minimum Gasteiger partial charge on any atom is -0.481 e. The molecule has 84 valence electrons.